The maximum Gasteiger partial charge on any atom is 0.326 e. The first-order valence-electron chi connectivity index (χ1n) is 9.22. The van der Waals surface area contributed by atoms with Crippen molar-refractivity contribution in [3.05, 3.63) is 28.2 Å². The second-order valence-electron chi connectivity index (χ2n) is 7.43. The number of nitrogens with one attached hydrogen (secondary N) is 1. The van der Waals surface area contributed by atoms with Crippen molar-refractivity contribution in [2.75, 3.05) is 26.3 Å². The topological polar surface area (TPSA) is 74.0 Å². The van der Waals surface area contributed by atoms with Crippen LogP contribution in [-0.2, 0) is 4.74 Å². The minimum atomic E-state index is -0.397. The third-order valence-corrected chi connectivity index (χ3v) is 6.48. The molecule has 26 heavy (non-hydrogen) atoms. The lowest BCUT2D eigenvalue weighted by Gasteiger charge is -2.44. The molecule has 2 aliphatic rings. The van der Waals surface area contributed by atoms with Crippen LogP contribution in [-0.4, -0.2) is 46.3 Å². The summed E-state index contributed by atoms with van der Waals surface area (Å²) in [7, 11) is 0. The predicted molar refractivity (Wildman–Crippen MR) is 103 cm³/mol. The van der Waals surface area contributed by atoms with Gasteiger partial charge in [-0.2, -0.15) is 5.26 Å². The molecule has 1 N–H and O–H groups in total. The highest BCUT2D eigenvalue weighted by atomic mass is 32.1. The lowest BCUT2D eigenvalue weighted by Crippen LogP contribution is -2.54. The first kappa shape index (κ1) is 17.7. The minimum absolute atomic E-state index is 0.0575. The van der Waals surface area contributed by atoms with Gasteiger partial charge < -0.3 is 9.72 Å². The summed E-state index contributed by atoms with van der Waals surface area (Å²) < 4.78 is 7.35. The van der Waals surface area contributed by atoms with Gasteiger partial charge in [0.1, 0.15) is 5.54 Å². The Balaban J connectivity index is 1.58. The third kappa shape index (κ3) is 2.86. The molecule has 2 saturated heterocycles. The van der Waals surface area contributed by atoms with Crippen LogP contribution in [0.5, 0.6) is 0 Å². The van der Waals surface area contributed by atoms with Gasteiger partial charge in [-0.05, 0) is 37.5 Å². The predicted octanol–water partition coefficient (Wildman–Crippen LogP) is 2.64. The fourth-order valence-electron chi connectivity index (χ4n) is 4.39. The monoisotopic (exact) mass is 372 g/mol. The zero-order valence-corrected chi connectivity index (χ0v) is 15.9. The van der Waals surface area contributed by atoms with E-state index in [1.165, 1.54) is 0 Å². The van der Waals surface area contributed by atoms with Gasteiger partial charge in [0, 0.05) is 50.1 Å². The van der Waals surface area contributed by atoms with Gasteiger partial charge in [-0.1, -0.05) is 0 Å². The van der Waals surface area contributed by atoms with Crippen LogP contribution in [0.25, 0.3) is 11.0 Å². The summed E-state index contributed by atoms with van der Waals surface area (Å²) in [5.74, 6) is 0. The molecule has 2 aromatic rings. The molecular weight excluding hydrogens is 348 g/mol. The van der Waals surface area contributed by atoms with Crippen LogP contribution < -0.4 is 5.69 Å². The number of ether oxygens (including phenoxy) is 1. The van der Waals surface area contributed by atoms with E-state index in [2.05, 4.69) is 28.6 Å². The molecule has 138 valence electrons. The summed E-state index contributed by atoms with van der Waals surface area (Å²) in [5.41, 5.74) is 2.40. The maximum absolute atomic E-state index is 12.6. The van der Waals surface area contributed by atoms with Crippen LogP contribution in [0.4, 0.5) is 0 Å². The SMILES string of the molecule is Cc1cc2c(cc1S)[nH]c(=O)n2C1CCN(C2(C#N)CCOCC2)CC1. The van der Waals surface area contributed by atoms with Gasteiger partial charge in [0.2, 0.25) is 0 Å². The largest absolute Gasteiger partial charge is 0.381 e. The highest BCUT2D eigenvalue weighted by Gasteiger charge is 2.40. The fourth-order valence-corrected chi connectivity index (χ4v) is 4.58. The second kappa shape index (κ2) is 6.76. The van der Waals surface area contributed by atoms with Crippen LogP contribution >= 0.6 is 12.6 Å². The molecule has 0 atom stereocenters. The number of piperidine rings is 1. The molecule has 0 amide bonds. The number of benzene rings is 1. The average molecular weight is 372 g/mol. The van der Waals surface area contributed by atoms with Gasteiger partial charge in [-0.25, -0.2) is 4.79 Å². The molecule has 3 heterocycles. The average Bonchev–Trinajstić information content (AvgIpc) is 2.97. The number of nitrogens with zero attached hydrogens (tertiary/aromatic N) is 3. The Kier molecular flexibility index (Phi) is 4.59. The molecule has 0 saturated carbocycles. The molecule has 0 bridgehead atoms. The van der Waals surface area contributed by atoms with Crippen molar-refractivity contribution in [2.45, 2.75) is 49.1 Å². The number of likely N-dealkylation sites (tertiary alicyclic amines) is 1. The molecule has 1 aromatic heterocycles. The Bertz CT molecular complexity index is 912. The number of H-pyrrole nitrogens is 1. The van der Waals surface area contributed by atoms with Crippen molar-refractivity contribution in [1.82, 2.24) is 14.5 Å². The Morgan fingerprint density at radius 3 is 2.65 bits per heavy atom. The lowest BCUT2D eigenvalue weighted by atomic mass is 9.87. The summed E-state index contributed by atoms with van der Waals surface area (Å²) in [6, 6.07) is 6.68. The minimum Gasteiger partial charge on any atom is -0.381 e. The number of imidazole rings is 1. The van der Waals surface area contributed by atoms with E-state index >= 15 is 0 Å². The van der Waals surface area contributed by atoms with Gasteiger partial charge >= 0.3 is 5.69 Å². The molecule has 0 radical (unpaired) electrons. The van der Waals surface area contributed by atoms with Crippen LogP contribution in [0.1, 0.15) is 37.3 Å². The fraction of sp³-hybridized carbons (Fsp3) is 0.579. The first-order chi connectivity index (χ1) is 12.5. The van der Waals surface area contributed by atoms with Gasteiger partial charge in [-0.15, -0.1) is 12.6 Å². The number of fused-ring (bicyclic) bond motifs is 1. The summed E-state index contributed by atoms with van der Waals surface area (Å²) in [4.78, 5) is 18.7. The number of aromatic nitrogens is 2. The highest BCUT2D eigenvalue weighted by Crippen LogP contribution is 2.34. The summed E-state index contributed by atoms with van der Waals surface area (Å²) in [6.07, 6.45) is 3.29. The Labute approximate surface area is 158 Å². The van der Waals surface area contributed by atoms with Crippen molar-refractivity contribution in [3.8, 4) is 6.07 Å². The van der Waals surface area contributed by atoms with E-state index in [-0.39, 0.29) is 11.7 Å². The smallest absolute Gasteiger partial charge is 0.326 e. The third-order valence-electron chi connectivity index (χ3n) is 6.00. The summed E-state index contributed by atoms with van der Waals surface area (Å²) >= 11 is 4.46. The first-order valence-corrected chi connectivity index (χ1v) is 9.67. The standard InChI is InChI=1S/C19H24N4O2S/c1-13-10-16-15(11-17(13)26)21-18(24)23(16)14-2-6-22(7-3-14)19(12-20)4-8-25-9-5-19/h10-11,14,26H,2-9H2,1H3,(H,21,24). The van der Waals surface area contributed by atoms with E-state index in [1.807, 2.05) is 23.6 Å². The molecular formula is C19H24N4O2S. The number of rotatable bonds is 2. The quantitative estimate of drug-likeness (QED) is 0.795. The zero-order chi connectivity index (χ0) is 18.3. The number of aromatic amines is 1. The van der Waals surface area contributed by atoms with E-state index in [9.17, 15) is 10.1 Å². The molecule has 0 spiro atoms. The number of hydrogen-bond acceptors (Lipinski definition) is 5. The summed E-state index contributed by atoms with van der Waals surface area (Å²) in [5, 5.41) is 9.77. The van der Waals surface area contributed by atoms with Crippen LogP contribution in [0.2, 0.25) is 0 Å². The van der Waals surface area contributed by atoms with Crippen molar-refractivity contribution < 1.29 is 4.74 Å². The number of nitriles is 1. The molecule has 7 heteroatoms. The second-order valence-corrected chi connectivity index (χ2v) is 7.91. The molecule has 0 unspecified atom stereocenters. The normalized spacial score (nSPS) is 21.7. The van der Waals surface area contributed by atoms with E-state index in [4.69, 9.17) is 4.74 Å². The van der Waals surface area contributed by atoms with Gasteiger partial charge in [-0.3, -0.25) is 9.47 Å². The lowest BCUT2D eigenvalue weighted by molar-refractivity contribution is -0.0119. The molecule has 2 fully saturated rings. The molecule has 1 aromatic carbocycles. The van der Waals surface area contributed by atoms with Crippen LogP contribution in [0, 0.1) is 18.3 Å². The van der Waals surface area contributed by atoms with Gasteiger partial charge in [0.15, 0.2) is 0 Å². The summed E-state index contributed by atoms with van der Waals surface area (Å²) in [6.45, 7) is 4.98. The highest BCUT2D eigenvalue weighted by molar-refractivity contribution is 7.80. The molecule has 6 nitrogen and oxygen atoms in total. The van der Waals surface area contributed by atoms with E-state index in [0.717, 1.165) is 60.3 Å². The van der Waals surface area contributed by atoms with Crippen LogP contribution in [0.15, 0.2) is 21.8 Å². The molecule has 0 aliphatic carbocycles. The number of hydrogen-bond donors (Lipinski definition) is 2. The van der Waals surface area contributed by atoms with Gasteiger partial charge in [0.05, 0.1) is 17.1 Å². The number of aryl methyl sites for hydroxylation is 1. The maximum atomic E-state index is 12.6. The Morgan fingerprint density at radius 1 is 1.31 bits per heavy atom. The van der Waals surface area contributed by atoms with E-state index in [0.29, 0.717) is 13.2 Å². The molecule has 4 rings (SSSR count). The van der Waals surface area contributed by atoms with Gasteiger partial charge in [0.25, 0.3) is 0 Å². The number of thiol groups is 1. The van der Waals surface area contributed by atoms with Crippen molar-refractivity contribution in [3.63, 3.8) is 0 Å². The molecule has 2 aliphatic heterocycles. The van der Waals surface area contributed by atoms with E-state index in [1.54, 1.807) is 0 Å². The van der Waals surface area contributed by atoms with Crippen molar-refractivity contribution in [2.24, 2.45) is 0 Å². The van der Waals surface area contributed by atoms with Crippen molar-refractivity contribution in [1.29, 1.82) is 5.26 Å². The van der Waals surface area contributed by atoms with Crippen LogP contribution in [0.3, 0.4) is 0 Å². The van der Waals surface area contributed by atoms with Crippen molar-refractivity contribution >= 4 is 23.7 Å². The Hall–Kier alpha value is -1.75. The Morgan fingerprint density at radius 2 is 2.00 bits per heavy atom. The van der Waals surface area contributed by atoms with E-state index < -0.39 is 5.54 Å². The zero-order valence-electron chi connectivity index (χ0n) is 15.0.